The van der Waals surface area contributed by atoms with Gasteiger partial charge in [-0.2, -0.15) is 0 Å². The first-order chi connectivity index (χ1) is 8.72. The standard InChI is InChI=1S/C15H16ClNS/c1-11(12-7-9-17-10-8-12)15(16)13-3-5-14(18-2)6-4-13/h3-11,15H,1-2H3. The molecule has 0 saturated heterocycles. The number of hydrogen-bond donors (Lipinski definition) is 0. The molecule has 0 aliphatic carbocycles. The lowest BCUT2D eigenvalue weighted by atomic mass is 9.94. The maximum atomic E-state index is 6.56. The molecule has 1 aromatic carbocycles. The minimum atomic E-state index is -0.0108. The van der Waals surface area contributed by atoms with E-state index in [1.807, 2.05) is 24.5 Å². The first-order valence-corrected chi connectivity index (χ1v) is 7.56. The van der Waals surface area contributed by atoms with E-state index in [9.17, 15) is 0 Å². The van der Waals surface area contributed by atoms with Crippen LogP contribution in [0.3, 0.4) is 0 Å². The third-order valence-electron chi connectivity index (χ3n) is 3.11. The summed E-state index contributed by atoms with van der Waals surface area (Å²) in [6.07, 6.45) is 5.70. The van der Waals surface area contributed by atoms with E-state index in [0.717, 1.165) is 0 Å². The molecular weight excluding hydrogens is 262 g/mol. The summed E-state index contributed by atoms with van der Waals surface area (Å²) in [5.74, 6) is 0.273. The quantitative estimate of drug-likeness (QED) is 0.583. The summed E-state index contributed by atoms with van der Waals surface area (Å²) in [4.78, 5) is 5.30. The van der Waals surface area contributed by atoms with Gasteiger partial charge in [0.15, 0.2) is 0 Å². The second-order valence-corrected chi connectivity index (χ2v) is 5.59. The molecule has 0 radical (unpaired) electrons. The first-order valence-electron chi connectivity index (χ1n) is 5.90. The molecule has 0 N–H and O–H groups in total. The van der Waals surface area contributed by atoms with Crippen molar-refractivity contribution in [2.24, 2.45) is 0 Å². The van der Waals surface area contributed by atoms with Crippen LogP contribution < -0.4 is 0 Å². The van der Waals surface area contributed by atoms with E-state index in [-0.39, 0.29) is 11.3 Å². The van der Waals surface area contributed by atoms with Crippen molar-refractivity contribution in [2.45, 2.75) is 23.1 Å². The highest BCUT2D eigenvalue weighted by atomic mass is 35.5. The number of hydrogen-bond acceptors (Lipinski definition) is 2. The predicted octanol–water partition coefficient (Wildman–Crippen LogP) is 4.89. The topological polar surface area (TPSA) is 12.9 Å². The van der Waals surface area contributed by atoms with Crippen molar-refractivity contribution in [1.29, 1.82) is 0 Å². The Balaban J connectivity index is 2.17. The SMILES string of the molecule is CSc1ccc(C(Cl)C(C)c2ccncc2)cc1. The summed E-state index contributed by atoms with van der Waals surface area (Å²) in [7, 11) is 0. The molecule has 3 heteroatoms. The molecule has 0 fully saturated rings. The van der Waals surface area contributed by atoms with Gasteiger partial charge in [-0.15, -0.1) is 23.4 Å². The Bertz CT molecular complexity index is 484. The summed E-state index contributed by atoms with van der Waals surface area (Å²) in [5.41, 5.74) is 2.39. The van der Waals surface area contributed by atoms with E-state index in [1.165, 1.54) is 16.0 Å². The van der Waals surface area contributed by atoms with E-state index in [0.29, 0.717) is 0 Å². The largest absolute Gasteiger partial charge is 0.265 e. The Labute approximate surface area is 118 Å². The molecule has 0 bridgehead atoms. The molecule has 1 nitrogen and oxygen atoms in total. The first kappa shape index (κ1) is 13.4. The molecule has 0 amide bonds. The van der Waals surface area contributed by atoms with Crippen LogP contribution in [-0.2, 0) is 0 Å². The van der Waals surface area contributed by atoms with Gasteiger partial charge in [-0.3, -0.25) is 4.98 Å². The molecule has 2 rings (SSSR count). The Morgan fingerprint density at radius 1 is 1.00 bits per heavy atom. The van der Waals surface area contributed by atoms with Gasteiger partial charge in [0.1, 0.15) is 0 Å². The van der Waals surface area contributed by atoms with Crippen LogP contribution in [0.4, 0.5) is 0 Å². The van der Waals surface area contributed by atoms with E-state index >= 15 is 0 Å². The Morgan fingerprint density at radius 3 is 2.17 bits per heavy atom. The van der Waals surface area contributed by atoms with Gasteiger partial charge in [-0.25, -0.2) is 0 Å². The van der Waals surface area contributed by atoms with Crippen molar-refractivity contribution in [2.75, 3.05) is 6.26 Å². The zero-order chi connectivity index (χ0) is 13.0. The van der Waals surface area contributed by atoms with E-state index in [2.05, 4.69) is 42.4 Å². The molecule has 2 unspecified atom stereocenters. The number of halogens is 1. The Hall–Kier alpha value is -0.990. The molecule has 2 aromatic rings. The minimum Gasteiger partial charge on any atom is -0.265 e. The zero-order valence-electron chi connectivity index (χ0n) is 10.5. The second-order valence-electron chi connectivity index (χ2n) is 4.24. The van der Waals surface area contributed by atoms with Crippen LogP contribution in [0.25, 0.3) is 0 Å². The number of pyridine rings is 1. The van der Waals surface area contributed by atoms with Crippen LogP contribution in [0, 0.1) is 0 Å². The maximum absolute atomic E-state index is 6.56. The fourth-order valence-corrected chi connectivity index (χ4v) is 2.61. The number of nitrogens with zero attached hydrogens (tertiary/aromatic N) is 1. The number of aromatic nitrogens is 1. The third-order valence-corrected chi connectivity index (χ3v) is 4.48. The highest BCUT2D eigenvalue weighted by molar-refractivity contribution is 7.98. The van der Waals surface area contributed by atoms with Crippen molar-refractivity contribution < 1.29 is 0 Å². The number of benzene rings is 1. The van der Waals surface area contributed by atoms with Crippen LogP contribution >= 0.6 is 23.4 Å². The van der Waals surface area contributed by atoms with E-state index < -0.39 is 0 Å². The summed E-state index contributed by atoms with van der Waals surface area (Å²) < 4.78 is 0. The van der Waals surface area contributed by atoms with Crippen molar-refractivity contribution in [3.8, 4) is 0 Å². The van der Waals surface area contributed by atoms with E-state index in [4.69, 9.17) is 11.6 Å². The van der Waals surface area contributed by atoms with Gasteiger partial charge in [0.05, 0.1) is 5.38 Å². The van der Waals surface area contributed by atoms with Crippen LogP contribution in [-0.4, -0.2) is 11.2 Å². The maximum Gasteiger partial charge on any atom is 0.0651 e. The van der Waals surface area contributed by atoms with Crippen LogP contribution in [0.1, 0.15) is 29.3 Å². The summed E-state index contributed by atoms with van der Waals surface area (Å²) in [6, 6.07) is 12.5. The summed E-state index contributed by atoms with van der Waals surface area (Å²) >= 11 is 8.30. The molecule has 0 aliphatic heterocycles. The van der Waals surface area contributed by atoms with Crippen molar-refractivity contribution in [3.05, 3.63) is 59.9 Å². The fourth-order valence-electron chi connectivity index (χ4n) is 1.91. The van der Waals surface area contributed by atoms with Crippen LogP contribution in [0.5, 0.6) is 0 Å². The molecule has 94 valence electrons. The molecular formula is C15H16ClNS. The van der Waals surface area contributed by atoms with Gasteiger partial charge in [0, 0.05) is 23.2 Å². The zero-order valence-corrected chi connectivity index (χ0v) is 12.1. The van der Waals surface area contributed by atoms with Crippen molar-refractivity contribution in [1.82, 2.24) is 4.98 Å². The Kier molecular flexibility index (Phi) is 4.67. The van der Waals surface area contributed by atoms with Gasteiger partial charge in [0.25, 0.3) is 0 Å². The number of alkyl halides is 1. The van der Waals surface area contributed by atoms with E-state index in [1.54, 1.807) is 11.8 Å². The third kappa shape index (κ3) is 3.06. The lowest BCUT2D eigenvalue weighted by molar-refractivity contribution is 0.730. The smallest absolute Gasteiger partial charge is 0.0651 e. The average molecular weight is 278 g/mol. The molecule has 0 saturated carbocycles. The molecule has 2 atom stereocenters. The summed E-state index contributed by atoms with van der Waals surface area (Å²) in [6.45, 7) is 2.15. The van der Waals surface area contributed by atoms with Gasteiger partial charge in [-0.05, 0) is 41.6 Å². The number of rotatable bonds is 4. The van der Waals surface area contributed by atoms with Crippen molar-refractivity contribution in [3.63, 3.8) is 0 Å². The highest BCUT2D eigenvalue weighted by Crippen LogP contribution is 2.36. The second kappa shape index (κ2) is 6.26. The molecule has 0 aliphatic rings. The Morgan fingerprint density at radius 2 is 1.61 bits per heavy atom. The highest BCUT2D eigenvalue weighted by Gasteiger charge is 2.18. The predicted molar refractivity (Wildman–Crippen MR) is 79.5 cm³/mol. The lowest BCUT2D eigenvalue weighted by Crippen LogP contribution is -2.02. The van der Waals surface area contributed by atoms with Gasteiger partial charge >= 0.3 is 0 Å². The normalized spacial score (nSPS) is 14.2. The average Bonchev–Trinajstić information content (AvgIpc) is 2.47. The monoisotopic (exact) mass is 277 g/mol. The molecule has 1 aromatic heterocycles. The van der Waals surface area contributed by atoms with Crippen molar-refractivity contribution >= 4 is 23.4 Å². The van der Waals surface area contributed by atoms with Gasteiger partial charge in [0.2, 0.25) is 0 Å². The van der Waals surface area contributed by atoms with Crippen LogP contribution in [0.15, 0.2) is 53.7 Å². The fraction of sp³-hybridized carbons (Fsp3) is 0.267. The minimum absolute atomic E-state index is 0.0108. The summed E-state index contributed by atoms with van der Waals surface area (Å²) in [5, 5.41) is -0.0108. The van der Waals surface area contributed by atoms with Gasteiger partial charge in [-0.1, -0.05) is 19.1 Å². The molecule has 1 heterocycles. The van der Waals surface area contributed by atoms with Crippen LogP contribution in [0.2, 0.25) is 0 Å². The molecule has 0 spiro atoms. The molecule has 18 heavy (non-hydrogen) atoms. The van der Waals surface area contributed by atoms with Gasteiger partial charge < -0.3 is 0 Å². The number of thioether (sulfide) groups is 1. The lowest BCUT2D eigenvalue weighted by Gasteiger charge is -2.18.